The highest BCUT2D eigenvalue weighted by Gasteiger charge is 2.35. The number of nitrogens with zero attached hydrogens (tertiary/aromatic N) is 2. The number of hydrogen-bond acceptors (Lipinski definition) is 4. The summed E-state index contributed by atoms with van der Waals surface area (Å²) in [6, 6.07) is 12.6. The Kier molecular flexibility index (Phi) is 4.86. The molecule has 4 nitrogen and oxygen atoms in total. The molecule has 26 heavy (non-hydrogen) atoms. The first kappa shape index (κ1) is 18.2. The molecule has 0 amide bonds. The monoisotopic (exact) mass is 380 g/mol. The molecule has 0 aliphatic heterocycles. The normalized spacial score (nSPS) is 11.5. The number of thiol groups is 1. The summed E-state index contributed by atoms with van der Waals surface area (Å²) >= 11 is 4.20. The average Bonchev–Trinajstić information content (AvgIpc) is 3.07. The van der Waals surface area contributed by atoms with Gasteiger partial charge in [-0.1, -0.05) is 0 Å². The van der Waals surface area contributed by atoms with Gasteiger partial charge in [-0.25, -0.2) is 4.68 Å². The Morgan fingerprint density at radius 3 is 2.00 bits per heavy atom. The van der Waals surface area contributed by atoms with Gasteiger partial charge in [0, 0.05) is 16.5 Å². The number of methoxy groups -OCH3 is 2. The van der Waals surface area contributed by atoms with Crippen LogP contribution in [0.15, 0.2) is 53.4 Å². The van der Waals surface area contributed by atoms with Crippen molar-refractivity contribution in [2.24, 2.45) is 0 Å². The van der Waals surface area contributed by atoms with E-state index in [1.165, 1.54) is 18.9 Å². The number of halogens is 3. The summed E-state index contributed by atoms with van der Waals surface area (Å²) in [5.74, 6) is 0.928. The molecule has 0 unspecified atom stereocenters. The zero-order chi connectivity index (χ0) is 18.9. The van der Waals surface area contributed by atoms with Gasteiger partial charge in [-0.3, -0.25) is 0 Å². The fourth-order valence-electron chi connectivity index (χ4n) is 2.47. The minimum absolute atomic E-state index is 0.265. The lowest BCUT2D eigenvalue weighted by molar-refractivity contribution is -0.141. The number of ether oxygens (including phenoxy) is 2. The van der Waals surface area contributed by atoms with E-state index in [2.05, 4.69) is 17.7 Å². The molecule has 0 aliphatic rings. The summed E-state index contributed by atoms with van der Waals surface area (Å²) < 4.78 is 51.4. The van der Waals surface area contributed by atoms with Crippen LogP contribution in [0.4, 0.5) is 13.2 Å². The molecule has 3 rings (SSSR count). The van der Waals surface area contributed by atoms with Gasteiger partial charge in [-0.05, 0) is 42.5 Å². The highest BCUT2D eigenvalue weighted by atomic mass is 32.1. The summed E-state index contributed by atoms with van der Waals surface area (Å²) in [5.41, 5.74) is 0.250. The second-order valence-corrected chi connectivity index (χ2v) is 5.96. The first-order valence-corrected chi connectivity index (χ1v) is 7.96. The van der Waals surface area contributed by atoms with E-state index < -0.39 is 11.9 Å². The van der Waals surface area contributed by atoms with Gasteiger partial charge in [0.25, 0.3) is 0 Å². The number of hydrogen-bond donors (Lipinski definition) is 1. The molecule has 0 saturated heterocycles. The SMILES string of the molecule is COc1cc(OC)cc(-c2cc(C(F)(F)F)nn2-c2ccc(S)cc2)c1. The molecule has 1 aromatic heterocycles. The van der Waals surface area contributed by atoms with Crippen molar-refractivity contribution in [3.63, 3.8) is 0 Å². The molecule has 0 spiro atoms. The van der Waals surface area contributed by atoms with Crippen molar-refractivity contribution in [2.75, 3.05) is 14.2 Å². The highest BCUT2D eigenvalue weighted by Crippen LogP contribution is 2.36. The smallest absolute Gasteiger partial charge is 0.435 e. The lowest BCUT2D eigenvalue weighted by Crippen LogP contribution is -2.07. The van der Waals surface area contributed by atoms with Crippen molar-refractivity contribution >= 4 is 12.6 Å². The fourth-order valence-corrected chi connectivity index (χ4v) is 2.62. The van der Waals surface area contributed by atoms with Gasteiger partial charge in [-0.2, -0.15) is 18.3 Å². The number of benzene rings is 2. The van der Waals surface area contributed by atoms with E-state index in [0.717, 1.165) is 6.07 Å². The maximum Gasteiger partial charge on any atom is 0.435 e. The maximum absolute atomic E-state index is 13.2. The minimum Gasteiger partial charge on any atom is -0.497 e. The summed E-state index contributed by atoms with van der Waals surface area (Å²) in [7, 11) is 2.95. The summed E-state index contributed by atoms with van der Waals surface area (Å²) in [5, 5.41) is 3.75. The third-order valence-electron chi connectivity index (χ3n) is 3.74. The minimum atomic E-state index is -4.56. The van der Waals surface area contributed by atoms with E-state index in [1.54, 1.807) is 42.5 Å². The molecular formula is C18H15F3N2O2S. The van der Waals surface area contributed by atoms with Crippen LogP contribution in [0, 0.1) is 0 Å². The molecule has 2 aromatic carbocycles. The van der Waals surface area contributed by atoms with Crippen LogP contribution in [-0.2, 0) is 6.18 Å². The van der Waals surface area contributed by atoms with E-state index in [-0.39, 0.29) is 5.69 Å². The average molecular weight is 380 g/mol. The third-order valence-corrected chi connectivity index (χ3v) is 4.04. The fraction of sp³-hybridized carbons (Fsp3) is 0.167. The number of rotatable bonds is 4. The van der Waals surface area contributed by atoms with Gasteiger partial charge in [0.15, 0.2) is 5.69 Å². The second kappa shape index (κ2) is 6.95. The van der Waals surface area contributed by atoms with Gasteiger partial charge < -0.3 is 9.47 Å². The van der Waals surface area contributed by atoms with Gasteiger partial charge in [-0.15, -0.1) is 12.6 Å². The first-order valence-electron chi connectivity index (χ1n) is 7.52. The zero-order valence-electron chi connectivity index (χ0n) is 13.9. The van der Waals surface area contributed by atoms with Crippen LogP contribution in [0.2, 0.25) is 0 Å². The van der Waals surface area contributed by atoms with Crippen molar-refractivity contribution in [3.05, 3.63) is 54.2 Å². The molecule has 0 saturated carbocycles. The Morgan fingerprint density at radius 2 is 1.50 bits per heavy atom. The molecule has 0 aliphatic carbocycles. The van der Waals surface area contributed by atoms with Crippen LogP contribution in [0.3, 0.4) is 0 Å². The maximum atomic E-state index is 13.2. The van der Waals surface area contributed by atoms with Gasteiger partial charge in [0.2, 0.25) is 0 Å². The van der Waals surface area contributed by atoms with Crippen LogP contribution in [0.5, 0.6) is 11.5 Å². The molecule has 0 bridgehead atoms. The predicted molar refractivity (Wildman–Crippen MR) is 94.4 cm³/mol. The zero-order valence-corrected chi connectivity index (χ0v) is 14.8. The first-order chi connectivity index (χ1) is 12.3. The quantitative estimate of drug-likeness (QED) is 0.657. The Morgan fingerprint density at radius 1 is 0.923 bits per heavy atom. The molecule has 136 valence electrons. The molecule has 0 fully saturated rings. The Hall–Kier alpha value is -2.61. The van der Waals surface area contributed by atoms with Crippen molar-refractivity contribution in [1.29, 1.82) is 0 Å². The van der Waals surface area contributed by atoms with Gasteiger partial charge in [0.05, 0.1) is 25.6 Å². The highest BCUT2D eigenvalue weighted by molar-refractivity contribution is 7.80. The Balaban J connectivity index is 2.23. The molecular weight excluding hydrogens is 365 g/mol. The molecule has 1 heterocycles. The van der Waals surface area contributed by atoms with E-state index >= 15 is 0 Å². The molecule has 0 N–H and O–H groups in total. The third kappa shape index (κ3) is 3.65. The van der Waals surface area contributed by atoms with Crippen molar-refractivity contribution < 1.29 is 22.6 Å². The summed E-state index contributed by atoms with van der Waals surface area (Å²) in [6.45, 7) is 0. The van der Waals surface area contributed by atoms with E-state index in [9.17, 15) is 13.2 Å². The van der Waals surface area contributed by atoms with E-state index in [4.69, 9.17) is 9.47 Å². The second-order valence-electron chi connectivity index (χ2n) is 5.44. The lowest BCUT2D eigenvalue weighted by Gasteiger charge is -2.11. The van der Waals surface area contributed by atoms with E-state index in [1.807, 2.05) is 0 Å². The largest absolute Gasteiger partial charge is 0.497 e. The topological polar surface area (TPSA) is 36.3 Å². The van der Waals surface area contributed by atoms with Crippen LogP contribution in [0.25, 0.3) is 16.9 Å². The Bertz CT molecular complexity index is 899. The molecule has 0 atom stereocenters. The number of aromatic nitrogens is 2. The lowest BCUT2D eigenvalue weighted by atomic mass is 10.1. The summed E-state index contributed by atoms with van der Waals surface area (Å²) in [6.07, 6.45) is -4.56. The van der Waals surface area contributed by atoms with Crippen LogP contribution in [0.1, 0.15) is 5.69 Å². The van der Waals surface area contributed by atoms with Gasteiger partial charge in [0.1, 0.15) is 11.5 Å². The van der Waals surface area contributed by atoms with Gasteiger partial charge >= 0.3 is 6.18 Å². The Labute approximate surface area is 153 Å². The van der Waals surface area contributed by atoms with Crippen LogP contribution in [-0.4, -0.2) is 24.0 Å². The van der Waals surface area contributed by atoms with E-state index in [0.29, 0.717) is 27.6 Å². The van der Waals surface area contributed by atoms with Crippen molar-refractivity contribution in [1.82, 2.24) is 9.78 Å². The number of alkyl halides is 3. The van der Waals surface area contributed by atoms with Crippen molar-refractivity contribution in [2.45, 2.75) is 11.1 Å². The summed E-state index contributed by atoms with van der Waals surface area (Å²) in [4.78, 5) is 0.696. The van der Waals surface area contributed by atoms with Crippen LogP contribution >= 0.6 is 12.6 Å². The molecule has 8 heteroatoms. The molecule has 0 radical (unpaired) electrons. The standard InChI is InChI=1S/C18H15F3N2O2S/c1-24-13-7-11(8-14(9-13)25-2)16-10-17(18(19,20)21)22-23(16)12-3-5-15(26)6-4-12/h3-10,26H,1-2H3. The molecule has 3 aromatic rings. The van der Waals surface area contributed by atoms with Crippen LogP contribution < -0.4 is 9.47 Å². The predicted octanol–water partition coefficient (Wildman–Crippen LogP) is 4.86. The van der Waals surface area contributed by atoms with Crippen molar-refractivity contribution in [3.8, 4) is 28.4 Å².